The Morgan fingerprint density at radius 3 is 2.80 bits per heavy atom. The molecule has 0 aliphatic heterocycles. The summed E-state index contributed by atoms with van der Waals surface area (Å²) >= 11 is 1.75. The number of rotatable bonds is 5. The van der Waals surface area contributed by atoms with Gasteiger partial charge in [-0.05, 0) is 24.3 Å². The topological polar surface area (TPSA) is 66.5 Å². The molecule has 0 bridgehead atoms. The highest BCUT2D eigenvalue weighted by molar-refractivity contribution is 7.18. The number of anilines is 1. The Morgan fingerprint density at radius 1 is 1.16 bits per heavy atom. The van der Waals surface area contributed by atoms with Crippen LogP contribution in [0.5, 0.6) is 0 Å². The number of hydrogen-bond acceptors (Lipinski definition) is 5. The van der Waals surface area contributed by atoms with Gasteiger partial charge in [0, 0.05) is 42.0 Å². The van der Waals surface area contributed by atoms with Crippen molar-refractivity contribution < 1.29 is 0 Å². The minimum atomic E-state index is -0.0846. The summed E-state index contributed by atoms with van der Waals surface area (Å²) in [6, 6.07) is 10.2. The van der Waals surface area contributed by atoms with Crippen molar-refractivity contribution in [2.24, 2.45) is 0 Å². The maximum absolute atomic E-state index is 4.70. The second kappa shape index (κ2) is 6.64. The van der Waals surface area contributed by atoms with Crippen molar-refractivity contribution in [1.82, 2.24) is 19.9 Å². The first-order valence-corrected chi connectivity index (χ1v) is 9.08. The van der Waals surface area contributed by atoms with E-state index in [-0.39, 0.29) is 6.04 Å². The molecule has 3 aromatic heterocycles. The van der Waals surface area contributed by atoms with Crippen molar-refractivity contribution in [3.05, 3.63) is 71.5 Å². The Bertz CT molecular complexity index is 960. The number of H-pyrrole nitrogens is 1. The van der Waals surface area contributed by atoms with Gasteiger partial charge in [0.1, 0.15) is 11.9 Å². The molecule has 0 spiro atoms. The van der Waals surface area contributed by atoms with Crippen LogP contribution in [0.15, 0.2) is 55.1 Å². The van der Waals surface area contributed by atoms with E-state index in [9.17, 15) is 0 Å². The highest BCUT2D eigenvalue weighted by Gasteiger charge is 2.17. The maximum atomic E-state index is 4.70. The Kier molecular flexibility index (Phi) is 4.19. The van der Waals surface area contributed by atoms with Gasteiger partial charge in [-0.1, -0.05) is 19.9 Å². The van der Waals surface area contributed by atoms with Crippen LogP contribution in [0.1, 0.15) is 42.2 Å². The lowest BCUT2D eigenvalue weighted by Crippen LogP contribution is -2.14. The van der Waals surface area contributed by atoms with Crippen LogP contribution in [0.25, 0.3) is 10.2 Å². The van der Waals surface area contributed by atoms with Gasteiger partial charge in [0.2, 0.25) is 0 Å². The lowest BCUT2D eigenvalue weighted by Gasteiger charge is -2.18. The fraction of sp³-hybridized carbons (Fsp3) is 0.211. The third-order valence-corrected chi connectivity index (χ3v) is 5.34. The first-order chi connectivity index (χ1) is 12.2. The second-order valence-corrected chi connectivity index (χ2v) is 7.29. The summed E-state index contributed by atoms with van der Waals surface area (Å²) in [6.07, 6.45) is 7.24. The number of thiazole rings is 1. The van der Waals surface area contributed by atoms with Crippen molar-refractivity contribution in [3.8, 4) is 0 Å². The van der Waals surface area contributed by atoms with Crippen molar-refractivity contribution in [2.75, 3.05) is 5.32 Å². The fourth-order valence-electron chi connectivity index (χ4n) is 2.74. The van der Waals surface area contributed by atoms with Crippen LogP contribution in [0.2, 0.25) is 0 Å². The molecule has 126 valence electrons. The summed E-state index contributed by atoms with van der Waals surface area (Å²) in [4.78, 5) is 16.6. The van der Waals surface area contributed by atoms with E-state index in [2.05, 4.69) is 58.4 Å². The minimum absolute atomic E-state index is 0.0846. The van der Waals surface area contributed by atoms with Crippen molar-refractivity contribution >= 4 is 27.2 Å². The van der Waals surface area contributed by atoms with E-state index < -0.39 is 0 Å². The number of nitrogens with one attached hydrogen (secondary N) is 2. The molecule has 0 radical (unpaired) electrons. The van der Waals surface area contributed by atoms with E-state index in [0.717, 1.165) is 22.6 Å². The Morgan fingerprint density at radius 2 is 2.08 bits per heavy atom. The van der Waals surface area contributed by atoms with Gasteiger partial charge < -0.3 is 10.3 Å². The van der Waals surface area contributed by atoms with Gasteiger partial charge in [-0.25, -0.2) is 9.97 Å². The van der Waals surface area contributed by atoms with Crippen molar-refractivity contribution in [2.45, 2.75) is 25.8 Å². The van der Waals surface area contributed by atoms with E-state index in [4.69, 9.17) is 4.98 Å². The quantitative estimate of drug-likeness (QED) is 0.546. The molecule has 2 N–H and O–H groups in total. The first kappa shape index (κ1) is 15.8. The smallest absolute Gasteiger partial charge is 0.133 e. The minimum Gasteiger partial charge on any atom is -0.371 e. The second-order valence-electron chi connectivity index (χ2n) is 6.23. The van der Waals surface area contributed by atoms with Crippen LogP contribution in [0.3, 0.4) is 0 Å². The van der Waals surface area contributed by atoms with Crippen LogP contribution >= 0.6 is 11.3 Å². The number of imidazole rings is 1. The highest BCUT2D eigenvalue weighted by atomic mass is 32.1. The summed E-state index contributed by atoms with van der Waals surface area (Å²) in [7, 11) is 0. The average molecular weight is 349 g/mol. The third kappa shape index (κ3) is 3.25. The molecule has 0 aliphatic carbocycles. The summed E-state index contributed by atoms with van der Waals surface area (Å²) in [5.41, 5.74) is 3.15. The summed E-state index contributed by atoms with van der Waals surface area (Å²) in [5.74, 6) is 1.31. The predicted octanol–water partition coefficient (Wildman–Crippen LogP) is 4.74. The number of nitrogens with zero attached hydrogens (tertiary/aromatic N) is 3. The van der Waals surface area contributed by atoms with Crippen LogP contribution in [0, 0.1) is 0 Å². The number of aromatic nitrogens is 4. The SMILES string of the molecule is CC(C)c1nc2ccc(N[C@H](c3cccnc3)c3ncc[nH]3)cc2s1. The average Bonchev–Trinajstić information content (AvgIpc) is 3.29. The number of aromatic amines is 1. The molecule has 25 heavy (non-hydrogen) atoms. The molecule has 3 heterocycles. The molecular formula is C19H19N5S. The first-order valence-electron chi connectivity index (χ1n) is 8.27. The van der Waals surface area contributed by atoms with E-state index in [1.807, 2.05) is 18.5 Å². The standard InChI is InChI=1S/C19H19N5S/c1-12(2)19-24-15-6-5-14(10-16(15)25-19)23-17(18-21-8-9-22-18)13-4-3-7-20-11-13/h3-12,17,23H,1-2H3,(H,21,22)/t17-/m1/s1. The zero-order valence-electron chi connectivity index (χ0n) is 14.1. The zero-order valence-corrected chi connectivity index (χ0v) is 14.9. The molecule has 4 aromatic rings. The molecule has 0 saturated heterocycles. The predicted molar refractivity (Wildman–Crippen MR) is 102 cm³/mol. The Balaban J connectivity index is 1.69. The third-order valence-electron chi connectivity index (χ3n) is 4.02. The molecule has 6 heteroatoms. The van der Waals surface area contributed by atoms with Gasteiger partial charge in [-0.15, -0.1) is 11.3 Å². The Hall–Kier alpha value is -2.73. The number of fused-ring (bicyclic) bond motifs is 1. The molecule has 0 amide bonds. The van der Waals surface area contributed by atoms with Gasteiger partial charge in [0.25, 0.3) is 0 Å². The van der Waals surface area contributed by atoms with E-state index in [0.29, 0.717) is 5.92 Å². The van der Waals surface area contributed by atoms with Crippen LogP contribution in [0.4, 0.5) is 5.69 Å². The van der Waals surface area contributed by atoms with Gasteiger partial charge in [-0.3, -0.25) is 4.98 Å². The van der Waals surface area contributed by atoms with Gasteiger partial charge in [0.15, 0.2) is 0 Å². The molecule has 1 aromatic carbocycles. The fourth-order valence-corrected chi connectivity index (χ4v) is 3.75. The van der Waals surface area contributed by atoms with Crippen molar-refractivity contribution in [3.63, 3.8) is 0 Å². The van der Waals surface area contributed by atoms with Gasteiger partial charge in [0.05, 0.1) is 15.2 Å². The van der Waals surface area contributed by atoms with Gasteiger partial charge in [-0.2, -0.15) is 0 Å². The summed E-state index contributed by atoms with van der Waals surface area (Å²) in [5, 5.41) is 4.74. The van der Waals surface area contributed by atoms with Crippen LogP contribution in [-0.4, -0.2) is 19.9 Å². The number of benzene rings is 1. The summed E-state index contributed by atoms with van der Waals surface area (Å²) in [6.45, 7) is 4.35. The maximum Gasteiger partial charge on any atom is 0.133 e. The number of pyridine rings is 1. The summed E-state index contributed by atoms with van der Waals surface area (Å²) < 4.78 is 1.19. The van der Waals surface area contributed by atoms with E-state index >= 15 is 0 Å². The molecule has 1 atom stereocenters. The monoisotopic (exact) mass is 349 g/mol. The van der Waals surface area contributed by atoms with E-state index in [1.54, 1.807) is 23.7 Å². The van der Waals surface area contributed by atoms with Crippen molar-refractivity contribution in [1.29, 1.82) is 0 Å². The van der Waals surface area contributed by atoms with E-state index in [1.165, 1.54) is 9.71 Å². The molecule has 5 nitrogen and oxygen atoms in total. The largest absolute Gasteiger partial charge is 0.371 e. The molecule has 0 saturated carbocycles. The molecule has 0 unspecified atom stereocenters. The molecule has 0 aliphatic rings. The number of hydrogen-bond donors (Lipinski definition) is 2. The lowest BCUT2D eigenvalue weighted by atomic mass is 10.1. The lowest BCUT2D eigenvalue weighted by molar-refractivity contribution is 0.848. The van der Waals surface area contributed by atoms with Crippen LogP contribution < -0.4 is 5.32 Å². The highest BCUT2D eigenvalue weighted by Crippen LogP contribution is 2.31. The molecular weight excluding hydrogens is 330 g/mol. The van der Waals surface area contributed by atoms with Crippen LogP contribution in [-0.2, 0) is 0 Å². The molecule has 4 rings (SSSR count). The van der Waals surface area contributed by atoms with Gasteiger partial charge >= 0.3 is 0 Å². The Labute approximate surface area is 150 Å². The molecule has 0 fully saturated rings. The zero-order chi connectivity index (χ0) is 17.2. The normalized spacial score (nSPS) is 12.6.